The molecule has 1 unspecified atom stereocenters. The quantitative estimate of drug-likeness (QED) is 0.324. The summed E-state index contributed by atoms with van der Waals surface area (Å²) in [6.45, 7) is 16.4. The Hall–Kier alpha value is -3.15. The minimum Gasteiger partial charge on any atom is -0.496 e. The number of aromatic nitrogens is 1. The van der Waals surface area contributed by atoms with Crippen LogP contribution in [-0.4, -0.2) is 26.5 Å². The minimum absolute atomic E-state index is 0.556. The SMILES string of the molecule is CC.CC.COc1ccc(CCc2cc(C3(C)CCc4c(C)c(OC)c(C)c(C)c4O3)on2)cc1OC. The summed E-state index contributed by atoms with van der Waals surface area (Å²) >= 11 is 0. The van der Waals surface area contributed by atoms with E-state index in [0.717, 1.165) is 82.4 Å². The molecule has 1 atom stereocenters. The third-order valence-corrected chi connectivity index (χ3v) is 6.89. The Balaban J connectivity index is 0.00000115. The van der Waals surface area contributed by atoms with Crippen LogP contribution in [0.25, 0.3) is 0 Å². The molecule has 3 aromatic rings. The molecule has 6 heteroatoms. The highest BCUT2D eigenvalue weighted by Gasteiger charge is 2.39. The van der Waals surface area contributed by atoms with Crippen molar-refractivity contribution in [2.45, 2.75) is 86.7 Å². The van der Waals surface area contributed by atoms with Gasteiger partial charge in [0.15, 0.2) is 22.9 Å². The Morgan fingerprint density at radius 3 is 2.14 bits per heavy atom. The van der Waals surface area contributed by atoms with E-state index < -0.39 is 5.60 Å². The second-order valence-corrected chi connectivity index (χ2v) is 8.92. The number of hydrogen-bond acceptors (Lipinski definition) is 6. The predicted octanol–water partition coefficient (Wildman–Crippen LogP) is 7.70. The van der Waals surface area contributed by atoms with Crippen molar-refractivity contribution in [3.63, 3.8) is 0 Å². The summed E-state index contributed by atoms with van der Waals surface area (Å²) in [6, 6.07) is 8.01. The average Bonchev–Trinajstić information content (AvgIpc) is 3.43. The summed E-state index contributed by atoms with van der Waals surface area (Å²) in [5.74, 6) is 4.13. The monoisotopic (exact) mass is 511 g/mol. The fourth-order valence-corrected chi connectivity index (χ4v) is 4.70. The molecule has 0 saturated carbocycles. The maximum atomic E-state index is 6.61. The zero-order valence-corrected chi connectivity index (χ0v) is 24.6. The number of hydrogen-bond donors (Lipinski definition) is 0. The van der Waals surface area contributed by atoms with Crippen molar-refractivity contribution in [2.75, 3.05) is 21.3 Å². The summed E-state index contributed by atoms with van der Waals surface area (Å²) in [5, 5.41) is 4.34. The fraction of sp³-hybridized carbons (Fsp3) is 0.516. The molecule has 6 nitrogen and oxygen atoms in total. The lowest BCUT2D eigenvalue weighted by Crippen LogP contribution is -2.34. The number of ether oxygens (including phenoxy) is 4. The van der Waals surface area contributed by atoms with Crippen LogP contribution in [0.1, 0.15) is 80.3 Å². The lowest BCUT2D eigenvalue weighted by atomic mass is 9.86. The zero-order chi connectivity index (χ0) is 27.8. The van der Waals surface area contributed by atoms with Gasteiger partial charge in [0.05, 0.1) is 27.0 Å². The van der Waals surface area contributed by atoms with Gasteiger partial charge in [-0.05, 0) is 87.8 Å². The zero-order valence-electron chi connectivity index (χ0n) is 24.6. The molecule has 0 amide bonds. The van der Waals surface area contributed by atoms with Crippen LogP contribution in [0.3, 0.4) is 0 Å². The first-order valence-electron chi connectivity index (χ1n) is 13.3. The molecule has 1 aromatic heterocycles. The summed E-state index contributed by atoms with van der Waals surface area (Å²) in [5.41, 5.74) is 6.12. The van der Waals surface area contributed by atoms with Crippen LogP contribution in [0.2, 0.25) is 0 Å². The highest BCUT2D eigenvalue weighted by molar-refractivity contribution is 5.59. The number of aryl methyl sites for hydroxylation is 2. The molecule has 0 N–H and O–H groups in total. The van der Waals surface area contributed by atoms with Gasteiger partial charge in [-0.25, -0.2) is 0 Å². The average molecular weight is 512 g/mol. The van der Waals surface area contributed by atoms with Gasteiger partial charge in [-0.3, -0.25) is 0 Å². The van der Waals surface area contributed by atoms with Crippen molar-refractivity contribution in [1.29, 1.82) is 0 Å². The molecule has 0 radical (unpaired) electrons. The third kappa shape index (κ3) is 6.23. The number of methoxy groups -OCH3 is 3. The van der Waals surface area contributed by atoms with Crippen LogP contribution in [0.4, 0.5) is 0 Å². The Morgan fingerprint density at radius 2 is 1.51 bits per heavy atom. The molecular formula is C31H45NO5. The van der Waals surface area contributed by atoms with E-state index in [9.17, 15) is 0 Å². The Morgan fingerprint density at radius 1 is 0.838 bits per heavy atom. The smallest absolute Gasteiger partial charge is 0.180 e. The van der Waals surface area contributed by atoms with Gasteiger partial charge in [-0.1, -0.05) is 38.9 Å². The van der Waals surface area contributed by atoms with Crippen LogP contribution in [0.5, 0.6) is 23.0 Å². The van der Waals surface area contributed by atoms with E-state index in [4.69, 9.17) is 23.5 Å². The number of nitrogens with zero attached hydrogens (tertiary/aromatic N) is 1. The summed E-state index contributed by atoms with van der Waals surface area (Å²) in [6.07, 6.45) is 3.30. The molecule has 2 heterocycles. The van der Waals surface area contributed by atoms with Crippen LogP contribution in [-0.2, 0) is 24.9 Å². The van der Waals surface area contributed by atoms with Crippen molar-refractivity contribution < 1.29 is 23.5 Å². The maximum absolute atomic E-state index is 6.61. The van der Waals surface area contributed by atoms with E-state index in [1.807, 2.05) is 52.0 Å². The van der Waals surface area contributed by atoms with Gasteiger partial charge in [-0.15, -0.1) is 0 Å². The number of benzene rings is 2. The van der Waals surface area contributed by atoms with E-state index >= 15 is 0 Å². The minimum atomic E-state index is -0.556. The first-order chi connectivity index (χ1) is 17.8. The van der Waals surface area contributed by atoms with Gasteiger partial charge in [-0.2, -0.15) is 0 Å². The lowest BCUT2D eigenvalue weighted by molar-refractivity contribution is 0.0330. The molecule has 0 aliphatic carbocycles. The van der Waals surface area contributed by atoms with Crippen molar-refractivity contribution in [2.24, 2.45) is 0 Å². The molecule has 0 fully saturated rings. The summed E-state index contributed by atoms with van der Waals surface area (Å²) in [7, 11) is 5.02. The van der Waals surface area contributed by atoms with Gasteiger partial charge in [0.25, 0.3) is 0 Å². The van der Waals surface area contributed by atoms with Gasteiger partial charge < -0.3 is 23.5 Å². The predicted molar refractivity (Wildman–Crippen MR) is 150 cm³/mol. The van der Waals surface area contributed by atoms with E-state index in [-0.39, 0.29) is 0 Å². The van der Waals surface area contributed by atoms with E-state index in [2.05, 4.69) is 32.9 Å². The first-order valence-corrected chi connectivity index (χ1v) is 13.3. The second-order valence-electron chi connectivity index (χ2n) is 8.92. The molecule has 2 aromatic carbocycles. The van der Waals surface area contributed by atoms with Crippen LogP contribution in [0, 0.1) is 20.8 Å². The molecule has 1 aliphatic heterocycles. The maximum Gasteiger partial charge on any atom is 0.180 e. The van der Waals surface area contributed by atoms with Crippen LogP contribution in [0.15, 0.2) is 28.8 Å². The highest BCUT2D eigenvalue weighted by Crippen LogP contribution is 2.46. The van der Waals surface area contributed by atoms with Crippen molar-refractivity contribution in [1.82, 2.24) is 5.16 Å². The molecular weight excluding hydrogens is 466 g/mol. The molecule has 0 bridgehead atoms. The van der Waals surface area contributed by atoms with Gasteiger partial charge >= 0.3 is 0 Å². The first kappa shape index (κ1) is 30.1. The normalized spacial score (nSPS) is 15.8. The van der Waals surface area contributed by atoms with E-state index in [0.29, 0.717) is 0 Å². The van der Waals surface area contributed by atoms with Crippen LogP contribution < -0.4 is 18.9 Å². The lowest BCUT2D eigenvalue weighted by Gasteiger charge is -2.36. The largest absolute Gasteiger partial charge is 0.496 e. The van der Waals surface area contributed by atoms with Gasteiger partial charge in [0.2, 0.25) is 0 Å². The van der Waals surface area contributed by atoms with E-state index in [1.54, 1.807) is 21.3 Å². The Bertz CT molecular complexity index is 1170. The number of fused-ring (bicyclic) bond motifs is 1. The standard InChI is InChI=1S/C27H33NO5.2C2H6/c1-16-17(2)26-21(18(3)25(16)31-7)12-13-27(4,32-26)24-15-20(28-33-24)10-8-19-9-11-22(29-5)23(14-19)30-6;2*1-2/h9,11,14-15H,8,10,12-13H2,1-7H3;2*1-2H3. The second kappa shape index (κ2) is 13.4. The highest BCUT2D eigenvalue weighted by atomic mass is 16.5. The molecule has 0 saturated heterocycles. The van der Waals surface area contributed by atoms with Crippen molar-refractivity contribution in [3.05, 3.63) is 63.5 Å². The number of rotatable bonds is 7. The molecule has 204 valence electrons. The third-order valence-electron chi connectivity index (χ3n) is 6.89. The Labute approximate surface area is 223 Å². The molecule has 4 rings (SSSR count). The fourth-order valence-electron chi connectivity index (χ4n) is 4.70. The van der Waals surface area contributed by atoms with Gasteiger partial charge in [0.1, 0.15) is 11.5 Å². The van der Waals surface area contributed by atoms with Gasteiger partial charge in [0, 0.05) is 11.6 Å². The topological polar surface area (TPSA) is 63.0 Å². The molecule has 0 spiro atoms. The van der Waals surface area contributed by atoms with Crippen molar-refractivity contribution >= 4 is 0 Å². The summed E-state index contributed by atoms with van der Waals surface area (Å²) < 4.78 is 28.8. The van der Waals surface area contributed by atoms with Crippen molar-refractivity contribution in [3.8, 4) is 23.0 Å². The molecule has 1 aliphatic rings. The summed E-state index contributed by atoms with van der Waals surface area (Å²) in [4.78, 5) is 0. The van der Waals surface area contributed by atoms with E-state index in [1.165, 1.54) is 5.56 Å². The Kier molecular flexibility index (Phi) is 10.9. The molecule has 37 heavy (non-hydrogen) atoms. The van der Waals surface area contributed by atoms with Crippen LogP contribution >= 0.6 is 0 Å².